The van der Waals surface area contributed by atoms with Gasteiger partial charge in [0.1, 0.15) is 17.9 Å². The first-order valence-electron chi connectivity index (χ1n) is 7.16. The van der Waals surface area contributed by atoms with Gasteiger partial charge in [-0.25, -0.2) is 4.39 Å². The topological polar surface area (TPSA) is 49.3 Å². The number of aliphatic carboxylic acids is 1. The number of carboxylic acid groups (broad SMARTS) is 1. The molecule has 2 N–H and O–H groups in total. The van der Waals surface area contributed by atoms with Gasteiger partial charge in [0.25, 0.3) is 0 Å². The van der Waals surface area contributed by atoms with Crippen LogP contribution in [0.5, 0.6) is 0 Å². The second-order valence-corrected chi connectivity index (χ2v) is 6.64. The third-order valence-electron chi connectivity index (χ3n) is 3.53. The summed E-state index contributed by atoms with van der Waals surface area (Å²) < 4.78 is 52.6. The second-order valence-electron chi connectivity index (χ2n) is 5.56. The molecule has 1 aromatic carbocycles. The largest absolute Gasteiger partial charge is 0.480 e. The number of rotatable bonds is 8. The maximum atomic E-state index is 13.2. The molecule has 0 bridgehead atoms. The van der Waals surface area contributed by atoms with Gasteiger partial charge in [0.15, 0.2) is 0 Å². The van der Waals surface area contributed by atoms with Crippen LogP contribution in [0.4, 0.5) is 17.6 Å². The van der Waals surface area contributed by atoms with E-state index >= 15 is 0 Å². The predicted octanol–water partition coefficient (Wildman–Crippen LogP) is 3.62. The van der Waals surface area contributed by atoms with E-state index in [1.807, 2.05) is 0 Å². The molecule has 1 aliphatic carbocycles. The molecule has 1 aliphatic rings. The summed E-state index contributed by atoms with van der Waals surface area (Å²) in [6, 6.07) is 0.398. The molecule has 8 heteroatoms. The van der Waals surface area contributed by atoms with Crippen LogP contribution >= 0.6 is 11.8 Å². The molecule has 0 radical (unpaired) electrons. The summed E-state index contributed by atoms with van der Waals surface area (Å²) in [6.07, 6.45) is -2.48. The molecule has 0 aliphatic heterocycles. The molecule has 2 atom stereocenters. The molecule has 3 nitrogen and oxygen atoms in total. The summed E-state index contributed by atoms with van der Waals surface area (Å²) in [6.45, 7) is 0. The van der Waals surface area contributed by atoms with E-state index in [-0.39, 0.29) is 11.3 Å². The van der Waals surface area contributed by atoms with Crippen molar-refractivity contribution in [3.05, 3.63) is 35.6 Å². The number of benzene rings is 1. The summed E-state index contributed by atoms with van der Waals surface area (Å²) in [4.78, 5) is 11.2. The minimum Gasteiger partial charge on any atom is -0.480 e. The van der Waals surface area contributed by atoms with E-state index in [1.165, 1.54) is 11.8 Å². The highest BCUT2D eigenvalue weighted by Crippen LogP contribution is 2.35. The van der Waals surface area contributed by atoms with Crippen molar-refractivity contribution in [2.45, 2.75) is 31.1 Å². The maximum Gasteiger partial charge on any atom is 0.407 e. The minimum absolute atomic E-state index is 0.0552. The molecule has 1 aromatic rings. The fraction of sp³-hybridized carbons (Fsp3) is 0.533. The van der Waals surface area contributed by atoms with Gasteiger partial charge in [0.05, 0.1) is 0 Å². The molecule has 1 unspecified atom stereocenters. The van der Waals surface area contributed by atoms with Crippen molar-refractivity contribution in [1.29, 1.82) is 0 Å². The highest BCUT2D eigenvalue weighted by Gasteiger charge is 2.42. The lowest BCUT2D eigenvalue weighted by Gasteiger charge is -2.25. The highest BCUT2D eigenvalue weighted by molar-refractivity contribution is 7.99. The molecule has 0 heterocycles. The molecule has 2 rings (SSSR count). The monoisotopic (exact) mass is 351 g/mol. The van der Waals surface area contributed by atoms with Crippen molar-refractivity contribution in [2.75, 3.05) is 11.5 Å². The van der Waals surface area contributed by atoms with E-state index in [1.54, 1.807) is 0 Å². The quantitative estimate of drug-likeness (QED) is 0.703. The molecule has 0 spiro atoms. The van der Waals surface area contributed by atoms with Crippen LogP contribution in [0.15, 0.2) is 24.3 Å². The van der Waals surface area contributed by atoms with Gasteiger partial charge in [-0.3, -0.25) is 10.1 Å². The number of carbonyl (C=O) groups is 1. The Labute approximate surface area is 135 Å². The van der Waals surface area contributed by atoms with Crippen molar-refractivity contribution in [3.8, 4) is 0 Å². The average Bonchev–Trinajstić information content (AvgIpc) is 3.26. The van der Waals surface area contributed by atoms with Gasteiger partial charge in [-0.2, -0.15) is 24.9 Å². The predicted molar refractivity (Wildman–Crippen MR) is 79.8 cm³/mol. The number of nitrogens with one attached hydrogen (secondary N) is 1. The average molecular weight is 351 g/mol. The molecular formula is C15H17F4NO2S. The van der Waals surface area contributed by atoms with E-state index in [4.69, 9.17) is 5.11 Å². The lowest BCUT2D eigenvalue weighted by molar-refractivity contribution is -0.162. The van der Waals surface area contributed by atoms with Crippen LogP contribution in [0.25, 0.3) is 0 Å². The Morgan fingerprint density at radius 2 is 1.91 bits per heavy atom. The summed E-state index contributed by atoms with van der Waals surface area (Å²) in [5.74, 6) is -0.600. The van der Waals surface area contributed by atoms with Crippen LogP contribution < -0.4 is 5.32 Å². The first kappa shape index (κ1) is 18.1. The first-order chi connectivity index (χ1) is 10.8. The Bertz CT molecular complexity index is 531. The van der Waals surface area contributed by atoms with E-state index in [0.29, 0.717) is 5.92 Å². The number of alkyl halides is 3. The van der Waals surface area contributed by atoms with E-state index in [0.717, 1.165) is 42.9 Å². The Morgan fingerprint density at radius 3 is 2.39 bits per heavy atom. The van der Waals surface area contributed by atoms with Crippen LogP contribution in [-0.2, 0) is 4.79 Å². The molecular weight excluding hydrogens is 334 g/mol. The lowest BCUT2D eigenvalue weighted by atomic mass is 10.1. The first-order valence-corrected chi connectivity index (χ1v) is 8.31. The fourth-order valence-electron chi connectivity index (χ4n) is 2.06. The van der Waals surface area contributed by atoms with E-state index in [2.05, 4.69) is 5.32 Å². The third-order valence-corrected chi connectivity index (χ3v) is 4.81. The zero-order chi connectivity index (χ0) is 17.0. The molecule has 0 amide bonds. The van der Waals surface area contributed by atoms with Crippen LogP contribution in [-0.4, -0.2) is 34.8 Å². The van der Waals surface area contributed by atoms with Crippen LogP contribution in [0.2, 0.25) is 0 Å². The summed E-state index contributed by atoms with van der Waals surface area (Å²) >= 11 is 1.34. The summed E-state index contributed by atoms with van der Waals surface area (Å²) in [5.41, 5.74) is -0.211. The van der Waals surface area contributed by atoms with Crippen molar-refractivity contribution in [1.82, 2.24) is 5.32 Å². The third kappa shape index (κ3) is 5.69. The molecule has 1 fully saturated rings. The molecule has 128 valence electrons. The molecule has 1 saturated carbocycles. The Kier molecular flexibility index (Phi) is 5.91. The smallest absolute Gasteiger partial charge is 0.407 e. The number of hydrogen-bond donors (Lipinski definition) is 2. The van der Waals surface area contributed by atoms with Gasteiger partial charge in [-0.05, 0) is 42.2 Å². The maximum absolute atomic E-state index is 13.2. The standard InChI is InChI=1S/C15H17F4NO2S/c16-11-5-3-10(4-6-11)13(15(17,18)19)20-12(14(21)22)8-23-7-9-1-2-9/h3-6,9,12-13,20H,1-2,7-8H2,(H,21,22)/t12?,13-/m0/s1. The van der Waals surface area contributed by atoms with Crippen molar-refractivity contribution in [2.24, 2.45) is 5.92 Å². The van der Waals surface area contributed by atoms with Gasteiger partial charge in [0, 0.05) is 5.75 Å². The number of hydrogen-bond acceptors (Lipinski definition) is 3. The molecule has 0 saturated heterocycles. The van der Waals surface area contributed by atoms with Gasteiger partial charge in [-0.15, -0.1) is 0 Å². The van der Waals surface area contributed by atoms with Gasteiger partial charge in [0.2, 0.25) is 0 Å². The van der Waals surface area contributed by atoms with Crippen LogP contribution in [0, 0.1) is 11.7 Å². The number of halogens is 4. The van der Waals surface area contributed by atoms with Gasteiger partial charge < -0.3 is 5.11 Å². The summed E-state index contributed by atoms with van der Waals surface area (Å²) in [5, 5.41) is 11.3. The summed E-state index contributed by atoms with van der Waals surface area (Å²) in [7, 11) is 0. The zero-order valence-electron chi connectivity index (χ0n) is 12.1. The number of thioether (sulfide) groups is 1. The normalized spacial score (nSPS) is 17.7. The van der Waals surface area contributed by atoms with E-state index in [9.17, 15) is 22.4 Å². The van der Waals surface area contributed by atoms with Crippen molar-refractivity contribution >= 4 is 17.7 Å². The number of carboxylic acids is 1. The SMILES string of the molecule is O=C(O)C(CSCC1CC1)N[C@@H](c1ccc(F)cc1)C(F)(F)F. The highest BCUT2D eigenvalue weighted by atomic mass is 32.2. The minimum atomic E-state index is -4.67. The van der Waals surface area contributed by atoms with Crippen molar-refractivity contribution < 1.29 is 27.5 Å². The molecule has 0 aromatic heterocycles. The Balaban J connectivity index is 2.06. The van der Waals surface area contributed by atoms with E-state index < -0.39 is 30.0 Å². The fourth-order valence-corrected chi connectivity index (χ4v) is 3.34. The second kappa shape index (κ2) is 7.53. The Morgan fingerprint density at radius 1 is 1.30 bits per heavy atom. The lowest BCUT2D eigenvalue weighted by Crippen LogP contribution is -2.46. The molecule has 23 heavy (non-hydrogen) atoms. The van der Waals surface area contributed by atoms with Crippen LogP contribution in [0.1, 0.15) is 24.4 Å². The zero-order valence-corrected chi connectivity index (χ0v) is 13.0. The van der Waals surface area contributed by atoms with Gasteiger partial charge >= 0.3 is 12.1 Å². The van der Waals surface area contributed by atoms with Crippen LogP contribution in [0.3, 0.4) is 0 Å². The van der Waals surface area contributed by atoms with Crippen molar-refractivity contribution in [3.63, 3.8) is 0 Å². The van der Waals surface area contributed by atoms with Gasteiger partial charge in [-0.1, -0.05) is 12.1 Å². The Hall–Kier alpha value is -1.28.